The monoisotopic (exact) mass is 287 g/mol. The van der Waals surface area contributed by atoms with Crippen LogP contribution in [0.1, 0.15) is 37.1 Å². The third-order valence-corrected chi connectivity index (χ3v) is 3.69. The second kappa shape index (κ2) is 7.84. The number of aryl methyl sites for hydroxylation is 2. The van der Waals surface area contributed by atoms with Crippen LogP contribution in [-0.4, -0.2) is 23.4 Å². The molecule has 114 valence electrons. The molecule has 0 aliphatic heterocycles. The van der Waals surface area contributed by atoms with Crippen LogP contribution in [0.2, 0.25) is 0 Å². The molecule has 2 aromatic rings. The molecule has 21 heavy (non-hydrogen) atoms. The summed E-state index contributed by atoms with van der Waals surface area (Å²) >= 11 is 0. The van der Waals surface area contributed by atoms with E-state index in [0.29, 0.717) is 6.04 Å². The molecule has 1 N–H and O–H groups in total. The molecule has 0 saturated carbocycles. The molecule has 1 aromatic heterocycles. The van der Waals surface area contributed by atoms with Crippen LogP contribution in [-0.2, 0) is 13.5 Å². The van der Waals surface area contributed by atoms with Gasteiger partial charge < -0.3 is 10.1 Å². The summed E-state index contributed by atoms with van der Waals surface area (Å²) in [7, 11) is 4.00. The highest BCUT2D eigenvalue weighted by atomic mass is 16.5. The van der Waals surface area contributed by atoms with Crippen LogP contribution in [0.5, 0.6) is 5.75 Å². The van der Waals surface area contributed by atoms with Crippen molar-refractivity contribution in [1.29, 1.82) is 0 Å². The summed E-state index contributed by atoms with van der Waals surface area (Å²) in [5, 5.41) is 7.62. The van der Waals surface area contributed by atoms with E-state index in [1.54, 1.807) is 0 Å². The molecule has 0 aliphatic rings. The minimum atomic E-state index is 0.324. The van der Waals surface area contributed by atoms with Gasteiger partial charge in [0.2, 0.25) is 0 Å². The fourth-order valence-electron chi connectivity index (χ4n) is 2.46. The Morgan fingerprint density at radius 1 is 1.33 bits per heavy atom. The molecule has 4 heteroatoms. The van der Waals surface area contributed by atoms with E-state index in [2.05, 4.69) is 41.6 Å². The minimum Gasteiger partial charge on any atom is -0.494 e. The van der Waals surface area contributed by atoms with Gasteiger partial charge in [-0.15, -0.1) is 0 Å². The summed E-state index contributed by atoms with van der Waals surface area (Å²) < 4.78 is 7.66. The highest BCUT2D eigenvalue weighted by molar-refractivity contribution is 5.30. The maximum Gasteiger partial charge on any atom is 0.119 e. The van der Waals surface area contributed by atoms with E-state index >= 15 is 0 Å². The predicted molar refractivity (Wildman–Crippen MR) is 85.6 cm³/mol. The summed E-state index contributed by atoms with van der Waals surface area (Å²) in [5.74, 6) is 0.954. The topological polar surface area (TPSA) is 39.1 Å². The number of nitrogens with one attached hydrogen (secondary N) is 1. The van der Waals surface area contributed by atoms with Crippen molar-refractivity contribution in [1.82, 2.24) is 15.1 Å². The standard InChI is InChI=1S/C17H25N3O/c1-4-12-21-16-7-5-6-14(13-16)17(18-2)9-8-15-10-11-19-20(15)3/h5-7,10-11,13,17-18H,4,8-9,12H2,1-3H3. The summed E-state index contributed by atoms with van der Waals surface area (Å²) in [4.78, 5) is 0. The Hall–Kier alpha value is -1.81. The number of nitrogens with zero attached hydrogens (tertiary/aromatic N) is 2. The lowest BCUT2D eigenvalue weighted by atomic mass is 10.0. The van der Waals surface area contributed by atoms with Crippen LogP contribution >= 0.6 is 0 Å². The van der Waals surface area contributed by atoms with Gasteiger partial charge in [0.1, 0.15) is 5.75 Å². The van der Waals surface area contributed by atoms with E-state index in [0.717, 1.165) is 31.6 Å². The molecule has 0 amide bonds. The number of benzene rings is 1. The molecule has 4 nitrogen and oxygen atoms in total. The van der Waals surface area contributed by atoms with Gasteiger partial charge in [-0.3, -0.25) is 4.68 Å². The highest BCUT2D eigenvalue weighted by Gasteiger charge is 2.11. The van der Waals surface area contributed by atoms with Crippen molar-refractivity contribution in [3.63, 3.8) is 0 Å². The van der Waals surface area contributed by atoms with Gasteiger partial charge >= 0.3 is 0 Å². The summed E-state index contributed by atoms with van der Waals surface area (Å²) in [6.07, 6.45) is 4.92. The largest absolute Gasteiger partial charge is 0.494 e. The van der Waals surface area contributed by atoms with Crippen molar-refractivity contribution >= 4 is 0 Å². The van der Waals surface area contributed by atoms with Crippen LogP contribution in [0.4, 0.5) is 0 Å². The Balaban J connectivity index is 2.01. The first-order valence-corrected chi connectivity index (χ1v) is 7.61. The second-order valence-corrected chi connectivity index (χ2v) is 5.25. The maximum atomic E-state index is 5.72. The van der Waals surface area contributed by atoms with Gasteiger partial charge in [0.25, 0.3) is 0 Å². The minimum absolute atomic E-state index is 0.324. The van der Waals surface area contributed by atoms with Crippen LogP contribution < -0.4 is 10.1 Å². The van der Waals surface area contributed by atoms with Crippen molar-refractivity contribution in [2.75, 3.05) is 13.7 Å². The van der Waals surface area contributed by atoms with E-state index in [4.69, 9.17) is 4.74 Å². The molecule has 0 aliphatic carbocycles. The number of ether oxygens (including phenoxy) is 1. The van der Waals surface area contributed by atoms with E-state index < -0.39 is 0 Å². The van der Waals surface area contributed by atoms with E-state index in [1.165, 1.54) is 11.3 Å². The van der Waals surface area contributed by atoms with Gasteiger partial charge in [-0.2, -0.15) is 5.10 Å². The summed E-state index contributed by atoms with van der Waals surface area (Å²) in [6.45, 7) is 2.89. The van der Waals surface area contributed by atoms with E-state index in [1.807, 2.05) is 31.0 Å². The van der Waals surface area contributed by atoms with Crippen molar-refractivity contribution < 1.29 is 4.74 Å². The predicted octanol–water partition coefficient (Wildman–Crippen LogP) is 3.10. The normalized spacial score (nSPS) is 12.3. The summed E-state index contributed by atoms with van der Waals surface area (Å²) in [6, 6.07) is 10.8. The Morgan fingerprint density at radius 3 is 2.86 bits per heavy atom. The average Bonchev–Trinajstić information content (AvgIpc) is 2.92. The quantitative estimate of drug-likeness (QED) is 0.811. The zero-order valence-corrected chi connectivity index (χ0v) is 13.2. The lowest BCUT2D eigenvalue weighted by Gasteiger charge is -2.17. The number of hydrogen-bond donors (Lipinski definition) is 1. The Morgan fingerprint density at radius 2 is 2.19 bits per heavy atom. The van der Waals surface area contributed by atoms with Gasteiger partial charge in [-0.25, -0.2) is 0 Å². The Bertz CT molecular complexity index is 550. The Labute approximate surface area is 127 Å². The SMILES string of the molecule is CCCOc1cccc(C(CCc2ccnn2C)NC)c1. The maximum absolute atomic E-state index is 5.72. The zero-order valence-electron chi connectivity index (χ0n) is 13.2. The molecular weight excluding hydrogens is 262 g/mol. The molecule has 0 spiro atoms. The lowest BCUT2D eigenvalue weighted by molar-refractivity contribution is 0.316. The van der Waals surface area contributed by atoms with Crippen molar-refractivity contribution in [2.45, 2.75) is 32.2 Å². The molecule has 1 atom stereocenters. The molecule has 1 aromatic carbocycles. The smallest absolute Gasteiger partial charge is 0.119 e. The molecule has 0 bridgehead atoms. The average molecular weight is 287 g/mol. The first-order valence-electron chi connectivity index (χ1n) is 7.61. The van der Waals surface area contributed by atoms with Crippen LogP contribution in [0, 0.1) is 0 Å². The Kier molecular flexibility index (Phi) is 5.81. The van der Waals surface area contributed by atoms with Crippen LogP contribution in [0.15, 0.2) is 36.5 Å². The van der Waals surface area contributed by atoms with Gasteiger partial charge in [0.15, 0.2) is 0 Å². The van der Waals surface area contributed by atoms with Gasteiger partial charge in [0, 0.05) is 25.0 Å². The highest BCUT2D eigenvalue weighted by Crippen LogP contribution is 2.23. The van der Waals surface area contributed by atoms with Gasteiger partial charge in [-0.05, 0) is 50.1 Å². The first-order chi connectivity index (χ1) is 10.2. The van der Waals surface area contributed by atoms with E-state index in [9.17, 15) is 0 Å². The fourth-order valence-corrected chi connectivity index (χ4v) is 2.46. The van der Waals surface area contributed by atoms with E-state index in [-0.39, 0.29) is 0 Å². The van der Waals surface area contributed by atoms with Gasteiger partial charge in [-0.1, -0.05) is 19.1 Å². The number of hydrogen-bond acceptors (Lipinski definition) is 3. The third kappa shape index (κ3) is 4.33. The fraction of sp³-hybridized carbons (Fsp3) is 0.471. The van der Waals surface area contributed by atoms with Gasteiger partial charge in [0.05, 0.1) is 6.61 Å². The molecular formula is C17H25N3O. The molecule has 1 heterocycles. The third-order valence-electron chi connectivity index (χ3n) is 3.69. The van der Waals surface area contributed by atoms with Crippen molar-refractivity contribution in [2.24, 2.45) is 7.05 Å². The molecule has 0 fully saturated rings. The van der Waals surface area contributed by atoms with Crippen molar-refractivity contribution in [3.05, 3.63) is 47.8 Å². The molecule has 2 rings (SSSR count). The second-order valence-electron chi connectivity index (χ2n) is 5.25. The number of aromatic nitrogens is 2. The lowest BCUT2D eigenvalue weighted by Crippen LogP contribution is -2.17. The molecule has 0 saturated heterocycles. The molecule has 1 unspecified atom stereocenters. The molecule has 0 radical (unpaired) electrons. The summed E-state index contributed by atoms with van der Waals surface area (Å²) in [5.41, 5.74) is 2.53. The number of rotatable bonds is 8. The van der Waals surface area contributed by atoms with Crippen LogP contribution in [0.25, 0.3) is 0 Å². The first kappa shape index (κ1) is 15.6. The van der Waals surface area contributed by atoms with Crippen molar-refractivity contribution in [3.8, 4) is 5.75 Å². The zero-order chi connectivity index (χ0) is 15.1. The van der Waals surface area contributed by atoms with Crippen LogP contribution in [0.3, 0.4) is 0 Å².